The van der Waals surface area contributed by atoms with Crippen LogP contribution in [0.5, 0.6) is 0 Å². The molecule has 0 bridgehead atoms. The molecule has 1 atom stereocenters. The number of benzene rings is 1. The van der Waals surface area contributed by atoms with Gasteiger partial charge in [-0.25, -0.2) is 18.0 Å². The second kappa shape index (κ2) is 6.62. The largest absolute Gasteiger partial charge is 0.394 e. The first-order valence-corrected chi connectivity index (χ1v) is 6.48. The Morgan fingerprint density at radius 2 is 1.81 bits per heavy atom. The number of urea groups is 1. The van der Waals surface area contributed by atoms with E-state index in [-0.39, 0.29) is 11.6 Å². The van der Waals surface area contributed by atoms with Crippen molar-refractivity contribution in [3.8, 4) is 0 Å². The van der Waals surface area contributed by atoms with Gasteiger partial charge in [0.05, 0.1) is 12.6 Å². The number of carbonyl (C=O) groups is 1. The standard InChI is InChI=1S/C14H15F3N2O2/c15-10-5-8(6-11(16)13(10)17)12(7-20)19-14(21)18-9-3-1-2-4-9/h1-2,5-6,9,12,20H,3-4,7H2,(H2,18,19,21). The molecule has 1 aliphatic carbocycles. The van der Waals surface area contributed by atoms with Gasteiger partial charge < -0.3 is 15.7 Å². The maximum Gasteiger partial charge on any atom is 0.315 e. The second-order valence-corrected chi connectivity index (χ2v) is 4.79. The van der Waals surface area contributed by atoms with E-state index in [1.165, 1.54) is 0 Å². The molecule has 0 saturated heterocycles. The molecule has 3 N–H and O–H groups in total. The lowest BCUT2D eigenvalue weighted by atomic mass is 10.1. The molecule has 7 heteroatoms. The second-order valence-electron chi connectivity index (χ2n) is 4.79. The number of hydrogen-bond acceptors (Lipinski definition) is 2. The highest BCUT2D eigenvalue weighted by Crippen LogP contribution is 2.19. The minimum absolute atomic E-state index is 0.0361. The molecule has 0 fully saturated rings. The number of rotatable bonds is 4. The molecular weight excluding hydrogens is 285 g/mol. The van der Waals surface area contributed by atoms with E-state index >= 15 is 0 Å². The van der Waals surface area contributed by atoms with Gasteiger partial charge in [-0.05, 0) is 30.5 Å². The molecule has 2 rings (SSSR count). The summed E-state index contributed by atoms with van der Waals surface area (Å²) in [6.07, 6.45) is 5.27. The van der Waals surface area contributed by atoms with Crippen molar-refractivity contribution in [1.29, 1.82) is 0 Å². The van der Waals surface area contributed by atoms with Gasteiger partial charge in [0.25, 0.3) is 0 Å². The van der Waals surface area contributed by atoms with Gasteiger partial charge in [-0.3, -0.25) is 0 Å². The molecule has 4 nitrogen and oxygen atoms in total. The third-order valence-electron chi connectivity index (χ3n) is 3.24. The monoisotopic (exact) mass is 300 g/mol. The Labute approximate surface area is 119 Å². The fraction of sp³-hybridized carbons (Fsp3) is 0.357. The Kier molecular flexibility index (Phi) is 4.85. The molecule has 1 aliphatic rings. The van der Waals surface area contributed by atoms with Crippen LogP contribution in [-0.4, -0.2) is 23.8 Å². The van der Waals surface area contributed by atoms with Crippen LogP contribution in [0.3, 0.4) is 0 Å². The van der Waals surface area contributed by atoms with Crippen LogP contribution >= 0.6 is 0 Å². The van der Waals surface area contributed by atoms with Crippen molar-refractivity contribution in [2.45, 2.75) is 24.9 Å². The molecule has 0 heterocycles. The maximum absolute atomic E-state index is 13.2. The van der Waals surface area contributed by atoms with Crippen molar-refractivity contribution in [3.63, 3.8) is 0 Å². The number of aliphatic hydroxyl groups excluding tert-OH is 1. The third kappa shape index (κ3) is 3.75. The Morgan fingerprint density at radius 1 is 1.24 bits per heavy atom. The molecular formula is C14H15F3N2O2. The minimum Gasteiger partial charge on any atom is -0.394 e. The molecule has 1 unspecified atom stereocenters. The van der Waals surface area contributed by atoms with Crippen LogP contribution < -0.4 is 10.6 Å². The lowest BCUT2D eigenvalue weighted by Gasteiger charge is -2.19. The van der Waals surface area contributed by atoms with Gasteiger partial charge in [0.2, 0.25) is 0 Å². The van der Waals surface area contributed by atoms with Gasteiger partial charge >= 0.3 is 6.03 Å². The van der Waals surface area contributed by atoms with E-state index in [9.17, 15) is 23.1 Å². The van der Waals surface area contributed by atoms with E-state index in [2.05, 4.69) is 10.6 Å². The summed E-state index contributed by atoms with van der Waals surface area (Å²) in [4.78, 5) is 11.8. The number of carbonyl (C=O) groups excluding carboxylic acids is 1. The number of nitrogens with one attached hydrogen (secondary N) is 2. The van der Waals surface area contributed by atoms with Crippen molar-refractivity contribution in [2.24, 2.45) is 0 Å². The summed E-state index contributed by atoms with van der Waals surface area (Å²) in [5.41, 5.74) is -0.0476. The van der Waals surface area contributed by atoms with Gasteiger partial charge in [0.1, 0.15) is 0 Å². The topological polar surface area (TPSA) is 61.4 Å². The lowest BCUT2D eigenvalue weighted by Crippen LogP contribution is -2.43. The van der Waals surface area contributed by atoms with E-state index in [0.29, 0.717) is 12.8 Å². The summed E-state index contributed by atoms with van der Waals surface area (Å²) in [6, 6.07) is -0.129. The third-order valence-corrected chi connectivity index (χ3v) is 3.24. The van der Waals surface area contributed by atoms with E-state index in [1.807, 2.05) is 12.2 Å². The average molecular weight is 300 g/mol. The zero-order valence-electron chi connectivity index (χ0n) is 11.1. The SMILES string of the molecule is O=C(NC1CC=CC1)NC(CO)c1cc(F)c(F)c(F)c1. The predicted octanol–water partition coefficient (Wildman–Crippen LogP) is 2.16. The number of hydrogen-bond donors (Lipinski definition) is 3. The van der Waals surface area contributed by atoms with Gasteiger partial charge in [-0.2, -0.15) is 0 Å². The highest BCUT2D eigenvalue weighted by Gasteiger charge is 2.20. The predicted molar refractivity (Wildman–Crippen MR) is 70.0 cm³/mol. The first-order chi connectivity index (χ1) is 10.0. The number of aliphatic hydroxyl groups is 1. The first-order valence-electron chi connectivity index (χ1n) is 6.48. The van der Waals surface area contributed by atoms with E-state index in [0.717, 1.165) is 12.1 Å². The summed E-state index contributed by atoms with van der Waals surface area (Å²) in [5.74, 6) is -4.33. The van der Waals surface area contributed by atoms with Crippen LogP contribution in [0.25, 0.3) is 0 Å². The Morgan fingerprint density at radius 3 is 2.33 bits per heavy atom. The molecule has 21 heavy (non-hydrogen) atoms. The fourth-order valence-electron chi connectivity index (χ4n) is 2.13. The molecule has 1 aromatic rings. The van der Waals surface area contributed by atoms with Crippen LogP contribution in [0.2, 0.25) is 0 Å². The highest BCUT2D eigenvalue weighted by molar-refractivity contribution is 5.75. The Balaban J connectivity index is 2.03. The molecule has 1 aromatic carbocycles. The van der Waals surface area contributed by atoms with Crippen LogP contribution in [0.15, 0.2) is 24.3 Å². The number of halogens is 3. The van der Waals surface area contributed by atoms with Crippen molar-refractivity contribution < 1.29 is 23.1 Å². The quantitative estimate of drug-likeness (QED) is 0.589. The van der Waals surface area contributed by atoms with E-state index < -0.39 is 36.1 Å². The highest BCUT2D eigenvalue weighted by atomic mass is 19.2. The normalized spacial score (nSPS) is 16.0. The summed E-state index contributed by atoms with van der Waals surface area (Å²) < 4.78 is 39.2. The molecule has 0 radical (unpaired) electrons. The smallest absolute Gasteiger partial charge is 0.315 e. The first kappa shape index (κ1) is 15.4. The summed E-state index contributed by atoms with van der Waals surface area (Å²) in [7, 11) is 0. The van der Waals surface area contributed by atoms with Crippen molar-refractivity contribution in [2.75, 3.05) is 6.61 Å². The van der Waals surface area contributed by atoms with Crippen molar-refractivity contribution in [3.05, 3.63) is 47.3 Å². The molecule has 0 spiro atoms. The molecule has 114 valence electrons. The van der Waals surface area contributed by atoms with Crippen molar-refractivity contribution >= 4 is 6.03 Å². The zero-order valence-corrected chi connectivity index (χ0v) is 11.1. The Hall–Kier alpha value is -2.02. The van der Waals surface area contributed by atoms with Crippen LogP contribution in [0.4, 0.5) is 18.0 Å². The summed E-state index contributed by atoms with van der Waals surface area (Å²) >= 11 is 0. The fourth-order valence-corrected chi connectivity index (χ4v) is 2.13. The van der Waals surface area contributed by atoms with E-state index in [4.69, 9.17) is 0 Å². The zero-order chi connectivity index (χ0) is 15.4. The van der Waals surface area contributed by atoms with Crippen LogP contribution in [0, 0.1) is 17.5 Å². The van der Waals surface area contributed by atoms with Gasteiger partial charge in [0, 0.05) is 6.04 Å². The maximum atomic E-state index is 13.2. The van der Waals surface area contributed by atoms with Crippen molar-refractivity contribution in [1.82, 2.24) is 10.6 Å². The van der Waals surface area contributed by atoms with E-state index in [1.54, 1.807) is 0 Å². The van der Waals surface area contributed by atoms with Gasteiger partial charge in [0.15, 0.2) is 17.5 Å². The lowest BCUT2D eigenvalue weighted by molar-refractivity contribution is 0.214. The number of amides is 2. The molecule has 0 saturated carbocycles. The Bertz CT molecular complexity index is 532. The molecule has 0 aliphatic heterocycles. The molecule has 2 amide bonds. The minimum atomic E-state index is -1.59. The summed E-state index contributed by atoms with van der Waals surface area (Å²) in [6.45, 7) is -0.569. The average Bonchev–Trinajstić information content (AvgIpc) is 2.94. The molecule has 0 aromatic heterocycles. The van der Waals surface area contributed by atoms with Crippen LogP contribution in [-0.2, 0) is 0 Å². The summed E-state index contributed by atoms with van der Waals surface area (Å²) in [5, 5.41) is 14.3. The van der Waals surface area contributed by atoms with Crippen LogP contribution in [0.1, 0.15) is 24.4 Å². The van der Waals surface area contributed by atoms with Gasteiger partial charge in [-0.15, -0.1) is 0 Å². The van der Waals surface area contributed by atoms with Gasteiger partial charge in [-0.1, -0.05) is 12.2 Å².